The summed E-state index contributed by atoms with van der Waals surface area (Å²) in [5.74, 6) is -2.13. The molecule has 1 heterocycles. The van der Waals surface area contributed by atoms with E-state index in [-0.39, 0.29) is 10.2 Å². The first-order valence-corrected chi connectivity index (χ1v) is 8.63. The zero-order valence-corrected chi connectivity index (χ0v) is 15.4. The predicted molar refractivity (Wildman–Crippen MR) is 95.1 cm³/mol. The highest BCUT2D eigenvalue weighted by Crippen LogP contribution is 2.36. The lowest BCUT2D eigenvalue weighted by atomic mass is 10.0. The monoisotopic (exact) mass is 388 g/mol. The Morgan fingerprint density at radius 3 is 2.57 bits per heavy atom. The van der Waals surface area contributed by atoms with Crippen LogP contribution in [-0.2, 0) is 9.59 Å². The number of nitrogens with zero attached hydrogens (tertiary/aromatic N) is 1. The Kier molecular flexibility index (Phi) is 5.73. The molecule has 1 aliphatic heterocycles. The van der Waals surface area contributed by atoms with E-state index in [0.29, 0.717) is 20.5 Å². The molecule has 4 nitrogen and oxygen atoms in total. The third-order valence-corrected chi connectivity index (χ3v) is 5.12. The van der Waals surface area contributed by atoms with Gasteiger partial charge in [-0.3, -0.25) is 9.69 Å². The molecule has 0 bridgehead atoms. The Morgan fingerprint density at radius 2 is 2.04 bits per heavy atom. The lowest BCUT2D eigenvalue weighted by Gasteiger charge is -2.30. The normalized spacial score (nSPS) is 18.1. The summed E-state index contributed by atoms with van der Waals surface area (Å²) in [7, 11) is 0. The van der Waals surface area contributed by atoms with Gasteiger partial charge in [0, 0.05) is 10.0 Å². The molecule has 1 aliphatic rings. The molecule has 0 radical (unpaired) electrons. The number of halogens is 2. The molecule has 1 aromatic rings. The van der Waals surface area contributed by atoms with Crippen LogP contribution in [0.3, 0.4) is 0 Å². The van der Waals surface area contributed by atoms with Crippen molar-refractivity contribution in [1.82, 2.24) is 4.90 Å². The van der Waals surface area contributed by atoms with Crippen molar-refractivity contribution in [2.75, 3.05) is 0 Å². The Balaban J connectivity index is 2.37. The summed E-state index contributed by atoms with van der Waals surface area (Å²) in [6, 6.07) is 3.79. The van der Waals surface area contributed by atoms with Gasteiger partial charge >= 0.3 is 0 Å². The zero-order valence-electron chi connectivity index (χ0n) is 12.2. The largest absolute Gasteiger partial charge is 0.548 e. The van der Waals surface area contributed by atoms with E-state index in [1.807, 2.05) is 0 Å². The zero-order chi connectivity index (χ0) is 17.3. The van der Waals surface area contributed by atoms with E-state index in [2.05, 4.69) is 0 Å². The number of benzene rings is 1. The van der Waals surface area contributed by atoms with E-state index >= 15 is 0 Å². The maximum Gasteiger partial charge on any atom is 0.266 e. The highest BCUT2D eigenvalue weighted by Gasteiger charge is 2.39. The fourth-order valence-corrected chi connectivity index (χ4v) is 3.94. The molecule has 1 atom stereocenters. The van der Waals surface area contributed by atoms with Gasteiger partial charge in [0.1, 0.15) is 4.32 Å². The number of hydrogen-bond acceptors (Lipinski definition) is 5. The first-order chi connectivity index (χ1) is 10.7. The van der Waals surface area contributed by atoms with E-state index in [9.17, 15) is 14.7 Å². The van der Waals surface area contributed by atoms with Gasteiger partial charge in [-0.1, -0.05) is 67.1 Å². The number of carboxylic acids is 1. The molecule has 1 amide bonds. The molecule has 8 heteroatoms. The van der Waals surface area contributed by atoms with Crippen LogP contribution in [0, 0.1) is 5.92 Å². The van der Waals surface area contributed by atoms with Crippen LogP contribution in [0.5, 0.6) is 0 Å². The highest BCUT2D eigenvalue weighted by atomic mass is 35.5. The molecule has 0 aliphatic carbocycles. The third-order valence-electron chi connectivity index (χ3n) is 3.22. The van der Waals surface area contributed by atoms with E-state index in [1.54, 1.807) is 38.1 Å². The Bertz CT molecular complexity index is 719. The Morgan fingerprint density at radius 1 is 1.39 bits per heavy atom. The predicted octanol–water partition coefficient (Wildman–Crippen LogP) is 2.97. The number of carbonyl (C=O) groups is 2. The average molecular weight is 389 g/mol. The van der Waals surface area contributed by atoms with Crippen molar-refractivity contribution in [3.05, 3.63) is 38.7 Å². The fraction of sp³-hybridized carbons (Fsp3) is 0.267. The summed E-state index contributed by atoms with van der Waals surface area (Å²) in [4.78, 5) is 25.3. The van der Waals surface area contributed by atoms with Gasteiger partial charge in [0.2, 0.25) is 0 Å². The molecule has 1 saturated heterocycles. The van der Waals surface area contributed by atoms with Gasteiger partial charge in [0.15, 0.2) is 0 Å². The summed E-state index contributed by atoms with van der Waals surface area (Å²) < 4.78 is 0.189. The van der Waals surface area contributed by atoms with E-state index in [1.165, 1.54) is 0 Å². The van der Waals surface area contributed by atoms with Crippen molar-refractivity contribution < 1.29 is 14.7 Å². The molecule has 1 aromatic carbocycles. The summed E-state index contributed by atoms with van der Waals surface area (Å²) in [5, 5.41) is 12.2. The molecule has 23 heavy (non-hydrogen) atoms. The van der Waals surface area contributed by atoms with Gasteiger partial charge in [-0.05, 0) is 29.7 Å². The maximum atomic E-state index is 12.5. The number of aliphatic carboxylic acids is 1. The number of amides is 1. The van der Waals surface area contributed by atoms with Crippen molar-refractivity contribution in [3.8, 4) is 0 Å². The summed E-state index contributed by atoms with van der Waals surface area (Å²) in [6.07, 6.45) is 1.57. The first-order valence-electron chi connectivity index (χ1n) is 6.65. The van der Waals surface area contributed by atoms with Crippen molar-refractivity contribution >= 4 is 69.5 Å². The van der Waals surface area contributed by atoms with Gasteiger partial charge in [-0.15, -0.1) is 0 Å². The highest BCUT2D eigenvalue weighted by molar-refractivity contribution is 8.26. The standard InChI is InChI=1S/C15H13Cl2NO3S2/c1-7(2)12(14(20)21)18-13(19)11(23-15(18)22)5-8-3-4-9(16)6-10(8)17/h3-7,12H,1-2H3,(H,20,21)/p-1/b11-5-/t12-/m1/s1. The van der Waals surface area contributed by atoms with Gasteiger partial charge < -0.3 is 9.90 Å². The van der Waals surface area contributed by atoms with Crippen LogP contribution in [0.1, 0.15) is 19.4 Å². The van der Waals surface area contributed by atoms with E-state index < -0.39 is 17.9 Å². The molecular weight excluding hydrogens is 377 g/mol. The number of rotatable bonds is 4. The van der Waals surface area contributed by atoms with Crippen molar-refractivity contribution in [2.45, 2.75) is 19.9 Å². The SMILES string of the molecule is CC(C)[C@H](C(=O)[O-])N1C(=O)/C(=C/c2ccc(Cl)cc2Cl)SC1=S. The Hall–Kier alpha value is -1.08. The van der Waals surface area contributed by atoms with E-state index in [4.69, 9.17) is 35.4 Å². The first kappa shape index (κ1) is 18.3. The summed E-state index contributed by atoms with van der Waals surface area (Å²) in [5.41, 5.74) is 0.603. The molecule has 122 valence electrons. The molecule has 0 saturated carbocycles. The molecule has 2 rings (SSSR count). The molecule has 1 fully saturated rings. The number of hydrogen-bond donors (Lipinski definition) is 0. The second-order valence-corrected chi connectivity index (χ2v) is 7.74. The van der Waals surface area contributed by atoms with Crippen LogP contribution in [0.25, 0.3) is 6.08 Å². The number of thioether (sulfide) groups is 1. The quantitative estimate of drug-likeness (QED) is 0.585. The number of carboxylic acid groups (broad SMARTS) is 1. The van der Waals surface area contributed by atoms with Gasteiger partial charge in [0.05, 0.1) is 16.9 Å². The van der Waals surface area contributed by atoms with Gasteiger partial charge in [-0.2, -0.15) is 0 Å². The minimum absolute atomic E-state index is 0.189. The van der Waals surface area contributed by atoms with Crippen LogP contribution < -0.4 is 5.11 Å². The average Bonchev–Trinajstić information content (AvgIpc) is 2.69. The Labute approximate surface area is 153 Å². The minimum atomic E-state index is -1.33. The number of thiocarbonyl (C=S) groups is 1. The van der Waals surface area contributed by atoms with Crippen LogP contribution in [0.15, 0.2) is 23.1 Å². The van der Waals surface area contributed by atoms with Gasteiger partial charge in [0.25, 0.3) is 5.91 Å². The van der Waals surface area contributed by atoms with Crippen LogP contribution >= 0.6 is 47.2 Å². The van der Waals surface area contributed by atoms with Gasteiger partial charge in [-0.25, -0.2) is 0 Å². The van der Waals surface area contributed by atoms with Crippen molar-refractivity contribution in [1.29, 1.82) is 0 Å². The minimum Gasteiger partial charge on any atom is -0.548 e. The molecule has 0 unspecified atom stereocenters. The van der Waals surface area contributed by atoms with Crippen LogP contribution in [-0.4, -0.2) is 27.1 Å². The smallest absolute Gasteiger partial charge is 0.266 e. The van der Waals surface area contributed by atoms with Crippen molar-refractivity contribution in [3.63, 3.8) is 0 Å². The molecule has 0 aromatic heterocycles. The topological polar surface area (TPSA) is 60.4 Å². The number of carbonyl (C=O) groups excluding carboxylic acids is 2. The van der Waals surface area contributed by atoms with Crippen molar-refractivity contribution in [2.24, 2.45) is 5.92 Å². The fourth-order valence-electron chi connectivity index (χ4n) is 2.16. The summed E-state index contributed by atoms with van der Waals surface area (Å²) >= 11 is 18.1. The third kappa shape index (κ3) is 3.88. The lowest BCUT2D eigenvalue weighted by molar-refractivity contribution is -0.311. The lowest BCUT2D eigenvalue weighted by Crippen LogP contribution is -2.52. The second-order valence-electron chi connectivity index (χ2n) is 5.23. The van der Waals surface area contributed by atoms with E-state index in [0.717, 1.165) is 16.7 Å². The van der Waals surface area contributed by atoms with Crippen LogP contribution in [0.4, 0.5) is 0 Å². The van der Waals surface area contributed by atoms with Crippen LogP contribution in [0.2, 0.25) is 10.0 Å². The second kappa shape index (κ2) is 7.21. The molecular formula is C15H12Cl2NO3S2-. The molecule has 0 N–H and O–H groups in total. The maximum absolute atomic E-state index is 12.5. The summed E-state index contributed by atoms with van der Waals surface area (Å²) in [6.45, 7) is 3.39. The molecule has 0 spiro atoms.